The van der Waals surface area contributed by atoms with Gasteiger partial charge in [0.05, 0.1) is 4.90 Å². The van der Waals surface area contributed by atoms with E-state index in [1.807, 2.05) is 31.2 Å². The summed E-state index contributed by atoms with van der Waals surface area (Å²) in [5.74, 6) is -0.330. The number of nitrogens with zero attached hydrogens (tertiary/aromatic N) is 3. The molecule has 0 spiro atoms. The second-order valence-electron chi connectivity index (χ2n) is 7.79. The molecule has 0 saturated carbocycles. The van der Waals surface area contributed by atoms with Crippen LogP contribution in [0.15, 0.2) is 53.4 Å². The molecule has 7 nitrogen and oxygen atoms in total. The van der Waals surface area contributed by atoms with Crippen LogP contribution in [-0.2, 0) is 43.0 Å². The first-order chi connectivity index (χ1) is 15.3. The van der Waals surface area contributed by atoms with Gasteiger partial charge in [0.25, 0.3) is 5.91 Å². The molecule has 4 rings (SSSR count). The Morgan fingerprint density at radius 1 is 1.09 bits per heavy atom. The second-order valence-corrected chi connectivity index (χ2v) is 10.2. The lowest BCUT2D eigenvalue weighted by molar-refractivity contribution is 0.0943. The standard InChI is InChI=1S/C23H25ClN4O3S/c1-3-16-6-10-19(11-7-16)32(30,31)28-13-12-21-20(15-28)22(26-27(21)2)23(29)25-14-17-4-8-18(24)9-5-17/h4-11H,3,12-15H2,1-2H3,(H,25,29). The molecule has 1 N–H and O–H groups in total. The van der Waals surface area contributed by atoms with E-state index >= 15 is 0 Å². The van der Waals surface area contributed by atoms with Gasteiger partial charge in [0, 0.05) is 49.4 Å². The molecule has 0 fully saturated rings. The molecule has 9 heteroatoms. The minimum atomic E-state index is -3.67. The van der Waals surface area contributed by atoms with Gasteiger partial charge in [0.15, 0.2) is 5.69 Å². The molecule has 0 radical (unpaired) electrons. The van der Waals surface area contributed by atoms with E-state index in [-0.39, 0.29) is 23.0 Å². The number of sulfonamides is 1. The highest BCUT2D eigenvalue weighted by Crippen LogP contribution is 2.27. The van der Waals surface area contributed by atoms with Crippen LogP contribution in [0.1, 0.15) is 39.8 Å². The van der Waals surface area contributed by atoms with Crippen molar-refractivity contribution in [2.75, 3.05) is 6.54 Å². The van der Waals surface area contributed by atoms with Crippen molar-refractivity contribution in [1.82, 2.24) is 19.4 Å². The number of carbonyl (C=O) groups is 1. The Balaban J connectivity index is 1.54. The number of hydrogen-bond donors (Lipinski definition) is 1. The van der Waals surface area contributed by atoms with E-state index in [1.165, 1.54) is 4.31 Å². The zero-order valence-electron chi connectivity index (χ0n) is 18.0. The Hall–Kier alpha value is -2.68. The summed E-state index contributed by atoms with van der Waals surface area (Å²) in [6, 6.07) is 14.2. The lowest BCUT2D eigenvalue weighted by Gasteiger charge is -2.27. The number of halogens is 1. The lowest BCUT2D eigenvalue weighted by Crippen LogP contribution is -2.37. The molecular weight excluding hydrogens is 448 g/mol. The molecule has 0 aliphatic carbocycles. The number of fused-ring (bicyclic) bond motifs is 1. The first-order valence-corrected chi connectivity index (χ1v) is 12.3. The quantitative estimate of drug-likeness (QED) is 0.596. The summed E-state index contributed by atoms with van der Waals surface area (Å²) < 4.78 is 29.5. The first kappa shape index (κ1) is 22.5. The van der Waals surface area contributed by atoms with Crippen molar-refractivity contribution in [3.05, 3.63) is 81.6 Å². The molecule has 0 unspecified atom stereocenters. The predicted molar refractivity (Wildman–Crippen MR) is 123 cm³/mol. The predicted octanol–water partition coefficient (Wildman–Crippen LogP) is 3.31. The third-order valence-electron chi connectivity index (χ3n) is 5.76. The zero-order chi connectivity index (χ0) is 22.9. The Labute approximate surface area is 193 Å². The maximum absolute atomic E-state index is 13.2. The molecule has 0 atom stereocenters. The number of benzene rings is 2. The smallest absolute Gasteiger partial charge is 0.272 e. The fraction of sp³-hybridized carbons (Fsp3) is 0.304. The van der Waals surface area contributed by atoms with Crippen molar-refractivity contribution >= 4 is 27.5 Å². The van der Waals surface area contributed by atoms with E-state index in [0.29, 0.717) is 30.1 Å². The number of rotatable bonds is 6. The van der Waals surface area contributed by atoms with Crippen LogP contribution in [0.2, 0.25) is 5.02 Å². The Morgan fingerprint density at radius 3 is 2.41 bits per heavy atom. The molecule has 1 aromatic heterocycles. The summed E-state index contributed by atoms with van der Waals surface area (Å²) in [6.45, 7) is 2.81. The first-order valence-electron chi connectivity index (χ1n) is 10.5. The summed E-state index contributed by atoms with van der Waals surface area (Å²) >= 11 is 5.91. The third-order valence-corrected chi connectivity index (χ3v) is 7.87. The van der Waals surface area contributed by atoms with Crippen LogP contribution >= 0.6 is 11.6 Å². The lowest BCUT2D eigenvalue weighted by atomic mass is 10.1. The van der Waals surface area contributed by atoms with Gasteiger partial charge < -0.3 is 5.32 Å². The van der Waals surface area contributed by atoms with Crippen LogP contribution < -0.4 is 5.32 Å². The summed E-state index contributed by atoms with van der Waals surface area (Å²) in [6.07, 6.45) is 1.34. The molecule has 168 valence electrons. The number of hydrogen-bond acceptors (Lipinski definition) is 4. The summed E-state index contributed by atoms with van der Waals surface area (Å²) in [5.41, 5.74) is 3.79. The highest BCUT2D eigenvalue weighted by molar-refractivity contribution is 7.89. The van der Waals surface area contributed by atoms with Crippen molar-refractivity contribution in [3.63, 3.8) is 0 Å². The summed E-state index contributed by atoms with van der Waals surface area (Å²) in [4.78, 5) is 13.1. The van der Waals surface area contributed by atoms with Gasteiger partial charge in [-0.1, -0.05) is 42.8 Å². The van der Waals surface area contributed by atoms with Gasteiger partial charge in [0.2, 0.25) is 10.0 Å². The highest BCUT2D eigenvalue weighted by atomic mass is 35.5. The van der Waals surface area contributed by atoms with E-state index in [1.54, 1.807) is 36.0 Å². The normalized spacial score (nSPS) is 14.2. The zero-order valence-corrected chi connectivity index (χ0v) is 19.6. The topological polar surface area (TPSA) is 84.3 Å². The van der Waals surface area contributed by atoms with Crippen LogP contribution in [0.3, 0.4) is 0 Å². The van der Waals surface area contributed by atoms with Crippen molar-refractivity contribution in [2.45, 2.75) is 37.8 Å². The molecule has 1 aliphatic heterocycles. The highest BCUT2D eigenvalue weighted by Gasteiger charge is 2.33. The number of carbonyl (C=O) groups excluding carboxylic acids is 1. The third kappa shape index (κ3) is 4.44. The molecule has 2 heterocycles. The average Bonchev–Trinajstić information content (AvgIpc) is 3.14. The SMILES string of the molecule is CCc1ccc(S(=O)(=O)N2CCc3c(c(C(=O)NCc4ccc(Cl)cc4)nn3C)C2)cc1. The minimum absolute atomic E-state index is 0.116. The largest absolute Gasteiger partial charge is 0.347 e. The second kappa shape index (κ2) is 9.05. The van der Waals surface area contributed by atoms with Crippen molar-refractivity contribution in [2.24, 2.45) is 7.05 Å². The Kier molecular flexibility index (Phi) is 6.37. The van der Waals surface area contributed by atoms with E-state index in [9.17, 15) is 13.2 Å². The number of aromatic nitrogens is 2. The van der Waals surface area contributed by atoms with Gasteiger partial charge in [-0.2, -0.15) is 9.40 Å². The van der Waals surface area contributed by atoms with E-state index in [0.717, 1.165) is 23.2 Å². The van der Waals surface area contributed by atoms with Crippen LogP contribution in [0.4, 0.5) is 0 Å². The van der Waals surface area contributed by atoms with Gasteiger partial charge in [-0.25, -0.2) is 8.42 Å². The van der Waals surface area contributed by atoms with Crippen molar-refractivity contribution in [1.29, 1.82) is 0 Å². The Bertz CT molecular complexity index is 1240. The average molecular weight is 473 g/mol. The minimum Gasteiger partial charge on any atom is -0.347 e. The molecule has 2 aromatic carbocycles. The molecule has 0 saturated heterocycles. The molecular formula is C23H25ClN4O3S. The molecule has 1 aliphatic rings. The number of aryl methyl sites for hydroxylation is 2. The van der Waals surface area contributed by atoms with E-state index in [4.69, 9.17) is 11.6 Å². The van der Waals surface area contributed by atoms with Crippen molar-refractivity contribution in [3.8, 4) is 0 Å². The maximum atomic E-state index is 13.2. The maximum Gasteiger partial charge on any atom is 0.272 e. The van der Waals surface area contributed by atoms with Crippen LogP contribution in [0.25, 0.3) is 0 Å². The van der Waals surface area contributed by atoms with Crippen LogP contribution in [-0.4, -0.2) is 35.0 Å². The van der Waals surface area contributed by atoms with Gasteiger partial charge in [0.1, 0.15) is 0 Å². The molecule has 1 amide bonds. The molecule has 32 heavy (non-hydrogen) atoms. The summed E-state index contributed by atoms with van der Waals surface area (Å²) in [5, 5.41) is 7.89. The van der Waals surface area contributed by atoms with Crippen LogP contribution in [0, 0.1) is 0 Å². The summed E-state index contributed by atoms with van der Waals surface area (Å²) in [7, 11) is -1.89. The van der Waals surface area contributed by atoms with Gasteiger partial charge >= 0.3 is 0 Å². The van der Waals surface area contributed by atoms with E-state index < -0.39 is 10.0 Å². The molecule has 0 bridgehead atoms. The fourth-order valence-corrected chi connectivity index (χ4v) is 5.40. The van der Waals surface area contributed by atoms with Gasteiger partial charge in [-0.15, -0.1) is 0 Å². The van der Waals surface area contributed by atoms with Gasteiger partial charge in [-0.05, 0) is 41.8 Å². The van der Waals surface area contributed by atoms with Crippen molar-refractivity contribution < 1.29 is 13.2 Å². The van der Waals surface area contributed by atoms with Crippen LogP contribution in [0.5, 0.6) is 0 Å². The number of amides is 1. The van der Waals surface area contributed by atoms with E-state index in [2.05, 4.69) is 10.4 Å². The fourth-order valence-electron chi connectivity index (χ4n) is 3.87. The number of nitrogens with one attached hydrogen (secondary N) is 1. The molecule has 3 aromatic rings. The monoisotopic (exact) mass is 472 g/mol. The Morgan fingerprint density at radius 2 is 1.75 bits per heavy atom. The van der Waals surface area contributed by atoms with Gasteiger partial charge in [-0.3, -0.25) is 9.48 Å².